The van der Waals surface area contributed by atoms with Crippen molar-refractivity contribution in [1.82, 2.24) is 0 Å². The van der Waals surface area contributed by atoms with Crippen molar-refractivity contribution < 1.29 is 23.2 Å². The van der Waals surface area contributed by atoms with E-state index in [0.29, 0.717) is 6.92 Å². The summed E-state index contributed by atoms with van der Waals surface area (Å²) < 4.78 is 27.2. The van der Waals surface area contributed by atoms with E-state index in [9.17, 15) is 8.42 Å². The molecule has 0 aliphatic heterocycles. The fourth-order valence-electron chi connectivity index (χ4n) is 0. The molecule has 0 bridgehead atoms. The molecule has 0 rings (SSSR count). The van der Waals surface area contributed by atoms with Crippen molar-refractivity contribution in [2.75, 3.05) is 0 Å². The molecule has 0 unspecified atom stereocenters. The molecule has 0 aromatic heterocycles. The van der Waals surface area contributed by atoms with Crippen LogP contribution in [-0.2, 0) is 10.1 Å². The molecule has 0 heterocycles. The summed E-state index contributed by atoms with van der Waals surface area (Å²) in [6, 6.07) is 0. The van der Waals surface area contributed by atoms with Crippen LogP contribution in [0.4, 0.5) is 0 Å². The van der Waals surface area contributed by atoms with E-state index in [1.165, 1.54) is 0 Å². The van der Waals surface area contributed by atoms with Crippen molar-refractivity contribution in [2.45, 2.75) is 12.0 Å². The van der Waals surface area contributed by atoms with Gasteiger partial charge in [-0.15, -0.1) is 0 Å². The van der Waals surface area contributed by atoms with Crippen molar-refractivity contribution in [2.24, 2.45) is 0 Å². The van der Waals surface area contributed by atoms with E-state index < -0.39 is 15.2 Å². The normalized spacial score (nSPS) is 12.4. The fourth-order valence-corrected chi connectivity index (χ4v) is 0. The Morgan fingerprint density at radius 3 is 1.44 bits per heavy atom. The molecule has 0 aromatic rings. The monoisotopic (exact) mass is 165 g/mol. The first-order chi connectivity index (χ1) is 3.25. The summed E-state index contributed by atoms with van der Waals surface area (Å²) in [4.78, 5) is 0. The van der Waals surface area contributed by atoms with Crippen LogP contribution in [0.2, 0.25) is 0 Å². The Labute approximate surface area is 74.7 Å². The third kappa shape index (κ3) is 4.26. The Hall–Kier alpha value is 0.830. The van der Waals surface area contributed by atoms with E-state index in [2.05, 4.69) is 0 Å². The number of rotatable bonds is 1. The van der Waals surface area contributed by atoms with Gasteiger partial charge in [-0.25, -0.2) is 0 Å². The zero-order chi connectivity index (χ0) is 7.00. The molecule has 1 radical (unpaired) electrons. The SMILES string of the molecule is CC(O)(O)S(=O)(=O)O.[Na]. The maximum absolute atomic E-state index is 9.71. The summed E-state index contributed by atoms with van der Waals surface area (Å²) in [5.74, 6) is 0. The molecule has 9 heavy (non-hydrogen) atoms. The first-order valence-electron chi connectivity index (χ1n) is 1.67. The zero-order valence-corrected chi connectivity index (χ0v) is 7.88. The van der Waals surface area contributed by atoms with Crippen molar-refractivity contribution >= 4 is 39.7 Å². The molecule has 0 amide bonds. The summed E-state index contributed by atoms with van der Waals surface area (Å²) in [5, 5.41) is 13.1. The zero-order valence-electron chi connectivity index (χ0n) is 5.07. The van der Waals surface area contributed by atoms with E-state index in [1.54, 1.807) is 0 Å². The Bertz CT molecular complexity index is 164. The predicted molar refractivity (Wildman–Crippen MR) is 30.1 cm³/mol. The molecule has 0 spiro atoms. The van der Waals surface area contributed by atoms with E-state index in [-0.39, 0.29) is 29.6 Å². The number of hydrogen-bond acceptors (Lipinski definition) is 4. The molecular formula is C2H6NaO5S. The van der Waals surface area contributed by atoms with Gasteiger partial charge in [0.2, 0.25) is 0 Å². The van der Waals surface area contributed by atoms with Crippen LogP contribution < -0.4 is 0 Å². The summed E-state index contributed by atoms with van der Waals surface area (Å²) in [6.07, 6.45) is 0. The molecule has 0 saturated heterocycles. The smallest absolute Gasteiger partial charge is 0.321 e. The Kier molecular flexibility index (Phi) is 4.57. The molecule has 5 nitrogen and oxygen atoms in total. The minimum Gasteiger partial charge on any atom is -0.352 e. The standard InChI is InChI=1S/C2H6O5S.Na/c1-2(3,4)8(5,6)7;/h3-4H,1H3,(H,5,6,7);. The maximum atomic E-state index is 9.71. The summed E-state index contributed by atoms with van der Waals surface area (Å²) in [5.41, 5.74) is 0. The summed E-state index contributed by atoms with van der Waals surface area (Å²) >= 11 is 0. The third-order valence-electron chi connectivity index (χ3n) is 0.489. The second-order valence-electron chi connectivity index (χ2n) is 1.41. The van der Waals surface area contributed by atoms with Gasteiger partial charge in [0.25, 0.3) is 5.12 Å². The molecule has 0 aromatic carbocycles. The number of aliphatic hydroxyl groups is 2. The molecule has 51 valence electrons. The van der Waals surface area contributed by atoms with Crippen LogP contribution in [0, 0.1) is 0 Å². The molecule has 0 atom stereocenters. The van der Waals surface area contributed by atoms with Crippen LogP contribution in [0.25, 0.3) is 0 Å². The third-order valence-corrected chi connectivity index (χ3v) is 1.47. The fraction of sp³-hybridized carbons (Fsp3) is 1.00. The van der Waals surface area contributed by atoms with Crippen LogP contribution in [0.1, 0.15) is 6.92 Å². The van der Waals surface area contributed by atoms with Gasteiger partial charge in [0, 0.05) is 36.5 Å². The van der Waals surface area contributed by atoms with E-state index in [1.807, 2.05) is 0 Å². The van der Waals surface area contributed by atoms with Crippen molar-refractivity contribution in [3.05, 3.63) is 0 Å². The van der Waals surface area contributed by atoms with Crippen LogP contribution in [0.15, 0.2) is 0 Å². The average molecular weight is 165 g/mol. The first kappa shape index (κ1) is 12.5. The largest absolute Gasteiger partial charge is 0.352 e. The Morgan fingerprint density at radius 2 is 1.44 bits per heavy atom. The van der Waals surface area contributed by atoms with Gasteiger partial charge >= 0.3 is 10.1 Å². The van der Waals surface area contributed by atoms with E-state index >= 15 is 0 Å². The van der Waals surface area contributed by atoms with Crippen LogP contribution in [0.3, 0.4) is 0 Å². The average Bonchev–Trinajstić information content (AvgIpc) is 1.25. The van der Waals surface area contributed by atoms with Crippen LogP contribution in [0.5, 0.6) is 0 Å². The minimum atomic E-state index is -4.73. The summed E-state index contributed by atoms with van der Waals surface area (Å²) in [6.45, 7) is 0.544. The molecule has 0 aliphatic rings. The minimum absolute atomic E-state index is 0. The van der Waals surface area contributed by atoms with Gasteiger partial charge in [0.1, 0.15) is 0 Å². The van der Waals surface area contributed by atoms with E-state index in [0.717, 1.165) is 0 Å². The second-order valence-corrected chi connectivity index (χ2v) is 3.13. The van der Waals surface area contributed by atoms with Crippen LogP contribution in [-0.4, -0.2) is 57.9 Å². The molecule has 0 fully saturated rings. The van der Waals surface area contributed by atoms with Crippen LogP contribution >= 0.6 is 0 Å². The van der Waals surface area contributed by atoms with Gasteiger partial charge in [0.15, 0.2) is 0 Å². The van der Waals surface area contributed by atoms with Gasteiger partial charge < -0.3 is 10.2 Å². The molecule has 7 heteroatoms. The summed E-state index contributed by atoms with van der Waals surface area (Å²) in [7, 11) is -4.73. The molecular weight excluding hydrogens is 159 g/mol. The molecule has 0 saturated carbocycles. The maximum Gasteiger partial charge on any atom is 0.321 e. The Morgan fingerprint density at radius 1 is 1.33 bits per heavy atom. The quantitative estimate of drug-likeness (QED) is 0.241. The van der Waals surface area contributed by atoms with Crippen molar-refractivity contribution in [3.63, 3.8) is 0 Å². The predicted octanol–water partition coefficient (Wildman–Crippen LogP) is -1.85. The van der Waals surface area contributed by atoms with E-state index in [4.69, 9.17) is 14.8 Å². The van der Waals surface area contributed by atoms with Gasteiger partial charge in [-0.1, -0.05) is 0 Å². The molecule has 0 aliphatic carbocycles. The van der Waals surface area contributed by atoms with Gasteiger partial charge in [-0.05, 0) is 0 Å². The van der Waals surface area contributed by atoms with Gasteiger partial charge in [-0.2, -0.15) is 8.42 Å². The van der Waals surface area contributed by atoms with Crippen molar-refractivity contribution in [1.29, 1.82) is 0 Å². The second kappa shape index (κ2) is 3.29. The Balaban J connectivity index is 0. The van der Waals surface area contributed by atoms with Crippen molar-refractivity contribution in [3.8, 4) is 0 Å². The van der Waals surface area contributed by atoms with Gasteiger partial charge in [-0.3, -0.25) is 4.55 Å². The number of hydrogen-bond donors (Lipinski definition) is 3. The first-order valence-corrected chi connectivity index (χ1v) is 3.11. The van der Waals surface area contributed by atoms with Gasteiger partial charge in [0.05, 0.1) is 0 Å². The molecule has 3 N–H and O–H groups in total. The topological polar surface area (TPSA) is 94.8 Å².